The van der Waals surface area contributed by atoms with Gasteiger partial charge in [-0.25, -0.2) is 3.71 Å². The number of carbonyl (C=O) groups excluding carboxylic acids is 1. The first-order chi connectivity index (χ1) is 5.29. The van der Waals surface area contributed by atoms with Gasteiger partial charge < -0.3 is 39.6 Å². The summed E-state index contributed by atoms with van der Waals surface area (Å²) >= 11 is 15.6. The van der Waals surface area contributed by atoms with Crippen molar-refractivity contribution in [1.29, 1.82) is 0 Å². The third-order valence-electron chi connectivity index (χ3n) is 0.528. The second kappa shape index (κ2) is 15.1. The number of hydrogen-bond donors (Lipinski definition) is 2. The van der Waals surface area contributed by atoms with Crippen LogP contribution in [0.2, 0.25) is 0 Å². The van der Waals surface area contributed by atoms with E-state index < -0.39 is 6.09 Å². The van der Waals surface area contributed by atoms with Crippen molar-refractivity contribution in [3.8, 4) is 0 Å². The molecule has 0 aromatic heterocycles. The maximum atomic E-state index is 9.36. The van der Waals surface area contributed by atoms with Crippen LogP contribution in [0.1, 0.15) is 0 Å². The van der Waals surface area contributed by atoms with Crippen molar-refractivity contribution in [1.82, 2.24) is 8.61 Å². The van der Waals surface area contributed by atoms with E-state index in [0.717, 1.165) is 0 Å². The molecular weight excluding hydrogens is 282 g/mol. The van der Waals surface area contributed by atoms with E-state index >= 15 is 0 Å². The van der Waals surface area contributed by atoms with E-state index in [-0.39, 0.29) is 59.1 Å². The van der Waals surface area contributed by atoms with E-state index in [1.54, 1.807) is 4.90 Å². The minimum absolute atomic E-state index is 0. The SMILES string of the molecule is CN(C)C(=S)[S-].O=C([O-])N(S)S.[Na+].[Na+]. The molecule has 0 rings (SSSR count). The predicted molar refractivity (Wildman–Crippen MR) is 58.9 cm³/mol. The van der Waals surface area contributed by atoms with Crippen molar-refractivity contribution >= 4 is 60.9 Å². The summed E-state index contributed by atoms with van der Waals surface area (Å²) in [5.74, 6) is 0. The molecule has 0 saturated heterocycles. The fourth-order valence-electron chi connectivity index (χ4n) is 0. The number of hydrogen-bond acceptors (Lipinski definition) is 6. The summed E-state index contributed by atoms with van der Waals surface area (Å²) in [4.78, 5) is 11.1. The van der Waals surface area contributed by atoms with Gasteiger partial charge in [-0.05, 0) is 0 Å². The molecule has 10 heteroatoms. The van der Waals surface area contributed by atoms with Crippen LogP contribution in [-0.2, 0) is 12.6 Å². The van der Waals surface area contributed by atoms with Crippen LogP contribution in [-0.4, -0.2) is 33.1 Å². The van der Waals surface area contributed by atoms with Gasteiger partial charge in [0.25, 0.3) is 0 Å². The molecule has 1 amide bonds. The summed E-state index contributed by atoms with van der Waals surface area (Å²) < 4.78 is 0.870. The Morgan fingerprint density at radius 2 is 1.50 bits per heavy atom. The second-order valence-electron chi connectivity index (χ2n) is 1.72. The van der Waals surface area contributed by atoms with E-state index in [9.17, 15) is 9.90 Å². The van der Waals surface area contributed by atoms with Gasteiger partial charge in [-0.3, -0.25) is 0 Å². The van der Waals surface area contributed by atoms with Gasteiger partial charge in [0.05, 0.1) is 0 Å². The molecule has 0 unspecified atom stereocenters. The Bertz CT molecular complexity index is 151. The number of carboxylic acid groups (broad SMARTS) is 1. The zero-order valence-corrected chi connectivity index (χ0v) is 15.8. The molecule has 0 radical (unpaired) electrons. The van der Waals surface area contributed by atoms with Crippen molar-refractivity contribution in [2.24, 2.45) is 0 Å². The molecule has 0 saturated carbocycles. The molecule has 0 aliphatic carbocycles. The normalized spacial score (nSPS) is 6.57. The number of carbonyl (C=O) groups is 1. The minimum Gasteiger partial charge on any atom is -0.529 e. The van der Waals surface area contributed by atoms with Crippen molar-refractivity contribution in [2.45, 2.75) is 0 Å². The van der Waals surface area contributed by atoms with E-state index in [1.165, 1.54) is 0 Å². The van der Waals surface area contributed by atoms with Crippen LogP contribution in [0.5, 0.6) is 0 Å². The molecule has 0 bridgehead atoms. The molecular formula is C4H8N2Na2O2S4. The second-order valence-corrected chi connectivity index (χ2v) is 3.86. The van der Waals surface area contributed by atoms with E-state index in [2.05, 4.69) is 50.5 Å². The topological polar surface area (TPSA) is 46.6 Å². The maximum absolute atomic E-state index is 9.36. The molecule has 0 atom stereocenters. The van der Waals surface area contributed by atoms with Gasteiger partial charge in [0, 0.05) is 14.1 Å². The van der Waals surface area contributed by atoms with Gasteiger partial charge in [-0.1, -0.05) is 30.0 Å². The summed E-state index contributed by atoms with van der Waals surface area (Å²) in [7, 11) is 3.66. The zero-order valence-electron chi connectivity index (χ0n) is 8.42. The number of amides is 1. The van der Waals surface area contributed by atoms with Crippen LogP contribution in [0.3, 0.4) is 0 Å². The number of nitrogens with zero attached hydrogens (tertiary/aromatic N) is 2. The fraction of sp³-hybridized carbons (Fsp3) is 0.500. The Morgan fingerprint density at radius 3 is 1.50 bits per heavy atom. The van der Waals surface area contributed by atoms with Gasteiger partial charge >= 0.3 is 59.1 Å². The van der Waals surface area contributed by atoms with Crippen molar-refractivity contribution in [3.05, 3.63) is 0 Å². The van der Waals surface area contributed by atoms with Crippen LogP contribution in [0.15, 0.2) is 0 Å². The van der Waals surface area contributed by atoms with Crippen molar-refractivity contribution in [3.63, 3.8) is 0 Å². The van der Waals surface area contributed by atoms with Gasteiger partial charge in [0.15, 0.2) is 6.09 Å². The zero-order chi connectivity index (χ0) is 10.3. The summed E-state index contributed by atoms with van der Waals surface area (Å²) in [6.45, 7) is 0. The number of thiocarbonyl (C=S) groups is 1. The Morgan fingerprint density at radius 1 is 1.36 bits per heavy atom. The third kappa shape index (κ3) is 23.7. The molecule has 0 fully saturated rings. The molecule has 0 aromatic rings. The summed E-state index contributed by atoms with van der Waals surface area (Å²) in [6, 6.07) is 0. The van der Waals surface area contributed by atoms with Crippen molar-refractivity contribution < 1.29 is 69.0 Å². The molecule has 14 heavy (non-hydrogen) atoms. The van der Waals surface area contributed by atoms with E-state index in [0.29, 0.717) is 8.03 Å². The monoisotopic (exact) mass is 290 g/mol. The molecule has 0 heterocycles. The Hall–Kier alpha value is 2.08. The Kier molecular flexibility index (Phi) is 27.0. The van der Waals surface area contributed by atoms with Crippen LogP contribution in [0.25, 0.3) is 0 Å². The first-order valence-corrected chi connectivity index (χ1v) is 4.17. The Labute approximate surface area is 150 Å². The number of thiol groups is 2. The molecule has 0 aliphatic heterocycles. The molecule has 0 aliphatic rings. The Balaban J connectivity index is -0.0000000625. The minimum atomic E-state index is -1.43. The number of rotatable bonds is 0. The van der Waals surface area contributed by atoms with Crippen LogP contribution in [0.4, 0.5) is 4.79 Å². The van der Waals surface area contributed by atoms with Gasteiger partial charge in [-0.15, -0.1) is 0 Å². The van der Waals surface area contributed by atoms with Crippen LogP contribution in [0, 0.1) is 0 Å². The van der Waals surface area contributed by atoms with Gasteiger partial charge in [-0.2, -0.15) is 0 Å². The third-order valence-corrected chi connectivity index (χ3v) is 1.59. The van der Waals surface area contributed by atoms with E-state index in [1.807, 2.05) is 14.1 Å². The predicted octanol–water partition coefficient (Wildman–Crippen LogP) is -6.29. The average molecular weight is 290 g/mol. The van der Waals surface area contributed by atoms with Crippen LogP contribution >= 0.6 is 37.8 Å². The van der Waals surface area contributed by atoms with Gasteiger partial charge in [0.2, 0.25) is 0 Å². The first-order valence-electron chi connectivity index (χ1n) is 2.56. The molecule has 0 spiro atoms. The largest absolute Gasteiger partial charge is 1.00 e. The summed E-state index contributed by atoms with van der Waals surface area (Å²) in [6.07, 6.45) is -1.43. The van der Waals surface area contributed by atoms with Gasteiger partial charge in [0.1, 0.15) is 0 Å². The maximum Gasteiger partial charge on any atom is 1.00 e. The average Bonchev–Trinajstić information content (AvgIpc) is 1.88. The smallest absolute Gasteiger partial charge is 0.529 e. The first kappa shape index (κ1) is 25.1. The standard InChI is InChI=1S/C3H7NS2.CH3NO2S2.2Na/c1-4(2)3(5)6;3-1(4)2(5)6;;/h1-2H3,(H,5,6);5-6H,(H,3,4);;/q;;2*+1/p-2. The fourth-order valence-corrected chi connectivity index (χ4v) is 0. The molecule has 72 valence electrons. The molecule has 0 aromatic carbocycles. The quantitative estimate of drug-likeness (QED) is 0.201. The molecule has 0 N–H and O–H groups in total. The van der Waals surface area contributed by atoms with Crippen LogP contribution < -0.4 is 64.2 Å². The molecule has 4 nitrogen and oxygen atoms in total. The van der Waals surface area contributed by atoms with E-state index in [4.69, 9.17) is 0 Å². The summed E-state index contributed by atoms with van der Waals surface area (Å²) in [5.41, 5.74) is 0. The van der Waals surface area contributed by atoms with Crippen molar-refractivity contribution in [2.75, 3.05) is 14.1 Å². The summed E-state index contributed by atoms with van der Waals surface area (Å²) in [5, 5.41) is 9.36.